The fourth-order valence-corrected chi connectivity index (χ4v) is 2.39. The molecule has 2 atom stereocenters. The third kappa shape index (κ3) is 2.57. The van der Waals surface area contributed by atoms with E-state index in [0.717, 1.165) is 10.7 Å². The summed E-state index contributed by atoms with van der Waals surface area (Å²) < 4.78 is 0.723. The van der Waals surface area contributed by atoms with Gasteiger partial charge < -0.3 is 5.32 Å². The van der Waals surface area contributed by atoms with Gasteiger partial charge in [-0.1, -0.05) is 36.0 Å². The van der Waals surface area contributed by atoms with E-state index in [2.05, 4.69) is 22.3 Å². The van der Waals surface area contributed by atoms with Crippen molar-refractivity contribution in [3.8, 4) is 0 Å². The predicted octanol–water partition coefficient (Wildman–Crippen LogP) is 2.02. The van der Waals surface area contributed by atoms with Gasteiger partial charge in [0, 0.05) is 10.2 Å². The van der Waals surface area contributed by atoms with Gasteiger partial charge in [-0.25, -0.2) is 0 Å². The van der Waals surface area contributed by atoms with Crippen LogP contribution in [-0.4, -0.2) is 15.7 Å². The van der Waals surface area contributed by atoms with E-state index < -0.39 is 0 Å². The monoisotopic (exact) mass is 188 g/mol. The number of rotatable bonds is 1. The molecule has 0 aromatic rings. The molecular formula is C5H8N4S2. The van der Waals surface area contributed by atoms with Crippen molar-refractivity contribution in [2.45, 2.75) is 24.8 Å². The van der Waals surface area contributed by atoms with E-state index in [1.54, 1.807) is 11.8 Å². The number of nitrogens with one attached hydrogen (secondary N) is 1. The summed E-state index contributed by atoms with van der Waals surface area (Å²) in [4.78, 5) is 2.72. The molecule has 0 aliphatic carbocycles. The molecule has 0 aromatic heterocycles. The third-order valence-corrected chi connectivity index (χ3v) is 2.67. The lowest BCUT2D eigenvalue weighted by molar-refractivity contribution is 0.575. The number of thiocarbonyl (C=S) groups is 1. The van der Waals surface area contributed by atoms with Gasteiger partial charge in [-0.3, -0.25) is 0 Å². The van der Waals surface area contributed by atoms with Crippen LogP contribution >= 0.6 is 24.0 Å². The minimum Gasteiger partial charge on any atom is -0.362 e. The van der Waals surface area contributed by atoms with Gasteiger partial charge in [-0.2, -0.15) is 0 Å². The Morgan fingerprint density at radius 3 is 3.18 bits per heavy atom. The summed E-state index contributed by atoms with van der Waals surface area (Å²) in [6, 6.07) is 0. The Labute approximate surface area is 74.4 Å². The number of hydrogen-bond donors (Lipinski definition) is 1. The van der Waals surface area contributed by atoms with Crippen molar-refractivity contribution in [1.82, 2.24) is 5.32 Å². The maximum absolute atomic E-state index is 8.16. The van der Waals surface area contributed by atoms with E-state index in [-0.39, 0.29) is 6.17 Å². The molecule has 0 aromatic carbocycles. The van der Waals surface area contributed by atoms with Crippen molar-refractivity contribution in [2.24, 2.45) is 5.11 Å². The molecule has 0 spiro atoms. The predicted molar refractivity (Wildman–Crippen MR) is 50.3 cm³/mol. The maximum Gasteiger partial charge on any atom is 0.134 e. The Morgan fingerprint density at radius 2 is 2.64 bits per heavy atom. The molecule has 1 aliphatic heterocycles. The molecule has 0 bridgehead atoms. The van der Waals surface area contributed by atoms with Crippen molar-refractivity contribution in [3.05, 3.63) is 10.4 Å². The molecule has 0 radical (unpaired) electrons. The fraction of sp³-hybridized carbons (Fsp3) is 0.800. The van der Waals surface area contributed by atoms with Crippen LogP contribution in [0.4, 0.5) is 0 Å². The lowest BCUT2D eigenvalue weighted by atomic mass is 10.3. The van der Waals surface area contributed by atoms with Crippen LogP contribution in [0.2, 0.25) is 0 Å². The number of thioether (sulfide) groups is 1. The van der Waals surface area contributed by atoms with Gasteiger partial charge >= 0.3 is 0 Å². The van der Waals surface area contributed by atoms with Gasteiger partial charge in [0.15, 0.2) is 0 Å². The van der Waals surface area contributed by atoms with E-state index in [0.29, 0.717) is 5.25 Å². The van der Waals surface area contributed by atoms with E-state index >= 15 is 0 Å². The summed E-state index contributed by atoms with van der Waals surface area (Å²) in [7, 11) is 0. The maximum atomic E-state index is 8.16. The van der Waals surface area contributed by atoms with E-state index in [9.17, 15) is 0 Å². The normalized spacial score (nSPS) is 30.5. The lowest BCUT2D eigenvalue weighted by Gasteiger charge is -2.25. The van der Waals surface area contributed by atoms with Crippen molar-refractivity contribution < 1.29 is 0 Å². The second-order valence-electron chi connectivity index (χ2n) is 2.32. The van der Waals surface area contributed by atoms with Crippen LogP contribution in [0.15, 0.2) is 5.11 Å². The SMILES string of the molecule is C[C@@H]1C[C@@H](N=[N+]=[N-])NC(=S)S1. The molecule has 0 amide bonds. The van der Waals surface area contributed by atoms with Crippen molar-refractivity contribution >= 4 is 28.3 Å². The summed E-state index contributed by atoms with van der Waals surface area (Å²) in [5.74, 6) is 0. The Morgan fingerprint density at radius 1 is 1.91 bits per heavy atom. The summed E-state index contributed by atoms with van der Waals surface area (Å²) in [6.45, 7) is 2.07. The molecular weight excluding hydrogens is 180 g/mol. The zero-order chi connectivity index (χ0) is 8.27. The van der Waals surface area contributed by atoms with Crippen LogP contribution in [0, 0.1) is 0 Å². The Kier molecular flexibility index (Phi) is 2.99. The van der Waals surface area contributed by atoms with E-state index in [1.807, 2.05) is 0 Å². The Bertz CT molecular complexity index is 211. The summed E-state index contributed by atoms with van der Waals surface area (Å²) in [5, 5.41) is 6.92. The van der Waals surface area contributed by atoms with Crippen LogP contribution < -0.4 is 5.32 Å². The first-order valence-electron chi connectivity index (χ1n) is 3.23. The smallest absolute Gasteiger partial charge is 0.134 e. The average molecular weight is 188 g/mol. The van der Waals surface area contributed by atoms with Gasteiger partial charge in [0.2, 0.25) is 0 Å². The molecule has 1 aliphatic rings. The minimum atomic E-state index is -0.149. The molecule has 11 heavy (non-hydrogen) atoms. The van der Waals surface area contributed by atoms with Crippen molar-refractivity contribution in [2.75, 3.05) is 0 Å². The van der Waals surface area contributed by atoms with Crippen LogP contribution in [-0.2, 0) is 0 Å². The molecule has 1 rings (SSSR count). The first kappa shape index (κ1) is 8.64. The molecule has 0 saturated carbocycles. The molecule has 1 fully saturated rings. The van der Waals surface area contributed by atoms with E-state index in [4.69, 9.17) is 17.7 Å². The summed E-state index contributed by atoms with van der Waals surface area (Å²) in [6.07, 6.45) is 0.693. The number of nitrogens with zero attached hydrogens (tertiary/aromatic N) is 3. The van der Waals surface area contributed by atoms with Crippen LogP contribution in [0.3, 0.4) is 0 Å². The Balaban J connectivity index is 2.56. The molecule has 4 nitrogen and oxygen atoms in total. The third-order valence-electron chi connectivity index (χ3n) is 1.34. The quantitative estimate of drug-likeness (QED) is 0.296. The van der Waals surface area contributed by atoms with Crippen LogP contribution in [0.5, 0.6) is 0 Å². The standard InChI is InChI=1S/C5H8N4S2/c1-3-2-4(8-9-6)7-5(10)11-3/h3-4H,2H2,1H3,(H,7,10)/t3-,4-/m1/s1. The molecule has 0 unspecified atom stereocenters. The van der Waals surface area contributed by atoms with Gasteiger partial charge in [-0.15, -0.1) is 0 Å². The number of azide groups is 1. The van der Waals surface area contributed by atoms with Crippen LogP contribution in [0.25, 0.3) is 10.4 Å². The zero-order valence-corrected chi connectivity index (χ0v) is 7.65. The highest BCUT2D eigenvalue weighted by Crippen LogP contribution is 2.22. The minimum absolute atomic E-state index is 0.149. The molecule has 1 N–H and O–H groups in total. The molecule has 1 heterocycles. The van der Waals surface area contributed by atoms with Gasteiger partial charge in [-0.05, 0) is 12.0 Å². The Hall–Kier alpha value is -0.450. The second kappa shape index (κ2) is 3.80. The van der Waals surface area contributed by atoms with Gasteiger partial charge in [0.05, 0.1) is 0 Å². The summed E-state index contributed by atoms with van der Waals surface area (Å²) in [5.41, 5.74) is 8.16. The van der Waals surface area contributed by atoms with Gasteiger partial charge in [0.25, 0.3) is 0 Å². The van der Waals surface area contributed by atoms with Gasteiger partial charge in [0.1, 0.15) is 10.5 Å². The highest BCUT2D eigenvalue weighted by atomic mass is 32.2. The highest BCUT2D eigenvalue weighted by molar-refractivity contribution is 8.23. The van der Waals surface area contributed by atoms with Crippen LogP contribution in [0.1, 0.15) is 13.3 Å². The number of hydrogen-bond acceptors (Lipinski definition) is 3. The highest BCUT2D eigenvalue weighted by Gasteiger charge is 2.20. The zero-order valence-electron chi connectivity index (χ0n) is 6.02. The summed E-state index contributed by atoms with van der Waals surface area (Å²) >= 11 is 6.55. The van der Waals surface area contributed by atoms with Crippen molar-refractivity contribution in [1.29, 1.82) is 0 Å². The first-order chi connectivity index (χ1) is 5.22. The molecule has 60 valence electrons. The topological polar surface area (TPSA) is 60.8 Å². The first-order valence-corrected chi connectivity index (χ1v) is 4.52. The molecule has 1 saturated heterocycles. The lowest BCUT2D eigenvalue weighted by Crippen LogP contribution is -2.37. The fourth-order valence-electron chi connectivity index (χ4n) is 0.913. The van der Waals surface area contributed by atoms with Crippen molar-refractivity contribution in [3.63, 3.8) is 0 Å². The second-order valence-corrected chi connectivity index (χ2v) is 4.43. The molecule has 6 heteroatoms. The average Bonchev–Trinajstić information content (AvgIpc) is 1.85. The van der Waals surface area contributed by atoms with E-state index in [1.165, 1.54) is 0 Å². The largest absolute Gasteiger partial charge is 0.362 e.